The van der Waals surface area contributed by atoms with Crippen molar-refractivity contribution in [3.63, 3.8) is 0 Å². The number of nitrogens with zero attached hydrogens (tertiary/aromatic N) is 1. The molecule has 0 bridgehead atoms. The van der Waals surface area contributed by atoms with Crippen LogP contribution < -0.4 is 5.46 Å². The van der Waals surface area contributed by atoms with Crippen LogP contribution in [0, 0.1) is 5.82 Å². The zero-order valence-electron chi connectivity index (χ0n) is 21.0. The molecule has 2 heterocycles. The van der Waals surface area contributed by atoms with Gasteiger partial charge in [0.1, 0.15) is 11.4 Å². The van der Waals surface area contributed by atoms with Gasteiger partial charge in [0.2, 0.25) is 0 Å². The molecular formula is C25H37BFNO5. The van der Waals surface area contributed by atoms with Crippen LogP contribution in [0.1, 0.15) is 79.7 Å². The molecule has 2 fully saturated rings. The average Bonchev–Trinajstić information content (AvgIpc) is 2.85. The zero-order valence-corrected chi connectivity index (χ0v) is 21.0. The maximum Gasteiger partial charge on any atom is 0.497 e. The number of rotatable bonds is 4. The van der Waals surface area contributed by atoms with Gasteiger partial charge in [0, 0.05) is 18.4 Å². The van der Waals surface area contributed by atoms with E-state index in [0.717, 1.165) is 19.3 Å². The normalized spacial score (nSPS) is 22.7. The molecule has 1 atom stereocenters. The van der Waals surface area contributed by atoms with E-state index >= 15 is 4.39 Å². The Morgan fingerprint density at radius 1 is 1.12 bits per heavy atom. The maximum absolute atomic E-state index is 15.5. The van der Waals surface area contributed by atoms with Crippen molar-refractivity contribution in [2.24, 2.45) is 0 Å². The van der Waals surface area contributed by atoms with Crippen LogP contribution in [0.4, 0.5) is 9.18 Å². The summed E-state index contributed by atoms with van der Waals surface area (Å²) in [6.45, 7) is 13.5. The highest BCUT2D eigenvalue weighted by Gasteiger charge is 2.52. The fourth-order valence-corrected chi connectivity index (χ4v) is 4.18. The zero-order chi connectivity index (χ0) is 24.6. The highest BCUT2D eigenvalue weighted by molar-refractivity contribution is 6.62. The monoisotopic (exact) mass is 461 g/mol. The van der Waals surface area contributed by atoms with E-state index in [0.29, 0.717) is 13.0 Å². The Hall–Kier alpha value is -1.93. The van der Waals surface area contributed by atoms with E-state index in [1.165, 1.54) is 4.90 Å². The lowest BCUT2D eigenvalue weighted by Crippen LogP contribution is -2.47. The number of carbonyl (C=O) groups is 2. The highest BCUT2D eigenvalue weighted by Crippen LogP contribution is 2.36. The number of likely N-dealkylation sites (tertiary alicyclic amines) is 1. The minimum absolute atomic E-state index is 0.108. The van der Waals surface area contributed by atoms with Crippen LogP contribution >= 0.6 is 0 Å². The van der Waals surface area contributed by atoms with E-state index in [1.54, 1.807) is 39.0 Å². The lowest BCUT2D eigenvalue weighted by Gasteiger charge is -2.32. The van der Waals surface area contributed by atoms with Crippen LogP contribution in [0.25, 0.3) is 0 Å². The fraction of sp³-hybridized carbons (Fsp3) is 0.680. The first-order chi connectivity index (χ1) is 15.2. The summed E-state index contributed by atoms with van der Waals surface area (Å²) in [7, 11) is -0.846. The van der Waals surface area contributed by atoms with Gasteiger partial charge in [0.15, 0.2) is 5.78 Å². The molecule has 1 amide bonds. The van der Waals surface area contributed by atoms with Crippen molar-refractivity contribution in [1.82, 2.24) is 4.90 Å². The minimum Gasteiger partial charge on any atom is -0.444 e. The second kappa shape index (κ2) is 9.38. The predicted octanol–water partition coefficient (Wildman–Crippen LogP) is 4.42. The number of Topliss-reactive ketones (excluding diaryl/α,β-unsaturated/α-hetero) is 1. The van der Waals surface area contributed by atoms with Gasteiger partial charge in [-0.2, -0.15) is 0 Å². The van der Waals surface area contributed by atoms with Gasteiger partial charge in [-0.25, -0.2) is 9.18 Å². The minimum atomic E-state index is -0.846. The van der Waals surface area contributed by atoms with Crippen LogP contribution in [-0.4, -0.2) is 53.3 Å². The Labute approximate surface area is 197 Å². The lowest BCUT2D eigenvalue weighted by molar-refractivity contribution is -0.123. The Balaban J connectivity index is 1.80. The summed E-state index contributed by atoms with van der Waals surface area (Å²) in [5.41, 5.74) is -1.28. The van der Waals surface area contributed by atoms with E-state index in [4.69, 9.17) is 14.0 Å². The molecule has 33 heavy (non-hydrogen) atoms. The SMILES string of the molecule is CC(C)(C)OC(=O)N1CCCCC[C@H]1C(=O)Cc1cccc(B2OC(C)(C)C(C)(C)O2)c1F. The second-order valence-electron chi connectivity index (χ2n) is 11.1. The topological polar surface area (TPSA) is 65.1 Å². The number of ether oxygens (including phenoxy) is 1. The molecule has 182 valence electrons. The van der Waals surface area contributed by atoms with Crippen LogP contribution in [0.5, 0.6) is 0 Å². The number of ketones is 1. The van der Waals surface area contributed by atoms with Crippen molar-refractivity contribution in [3.05, 3.63) is 29.6 Å². The predicted molar refractivity (Wildman–Crippen MR) is 126 cm³/mol. The van der Waals surface area contributed by atoms with Crippen molar-refractivity contribution < 1.29 is 28.0 Å². The standard InChI is InChI=1S/C25H37BFNO5/c1-23(2,3)31-22(30)28-15-10-8-9-14-19(28)20(29)16-17-12-11-13-18(21(17)27)26-32-24(4,5)25(6,7)33-26/h11-13,19H,8-10,14-16H2,1-7H3/t19-/m0/s1. The van der Waals surface area contributed by atoms with Crippen LogP contribution in [0.3, 0.4) is 0 Å². The van der Waals surface area contributed by atoms with E-state index < -0.39 is 41.9 Å². The molecule has 0 N–H and O–H groups in total. The third-order valence-corrected chi connectivity index (χ3v) is 6.73. The van der Waals surface area contributed by atoms with E-state index in [-0.39, 0.29) is 23.2 Å². The Bertz CT molecular complexity index is 879. The van der Waals surface area contributed by atoms with Crippen molar-refractivity contribution >= 4 is 24.5 Å². The van der Waals surface area contributed by atoms with Gasteiger partial charge in [0.25, 0.3) is 0 Å². The van der Waals surface area contributed by atoms with Crippen molar-refractivity contribution in [2.75, 3.05) is 6.54 Å². The summed E-state index contributed by atoms with van der Waals surface area (Å²) in [6, 6.07) is 4.33. The van der Waals surface area contributed by atoms with E-state index in [2.05, 4.69) is 0 Å². The summed E-state index contributed by atoms with van der Waals surface area (Å²) in [6.07, 6.45) is 2.55. The molecule has 1 aromatic rings. The Kier molecular flexibility index (Phi) is 7.30. The molecule has 0 spiro atoms. The van der Waals surface area contributed by atoms with Gasteiger partial charge in [-0.1, -0.05) is 31.0 Å². The number of halogens is 1. The number of amides is 1. The first-order valence-electron chi connectivity index (χ1n) is 11.9. The van der Waals surface area contributed by atoms with Crippen molar-refractivity contribution in [1.29, 1.82) is 0 Å². The average molecular weight is 461 g/mol. The first kappa shape index (κ1) is 25.7. The smallest absolute Gasteiger partial charge is 0.444 e. The molecule has 3 rings (SSSR count). The van der Waals surface area contributed by atoms with Crippen molar-refractivity contribution in [2.45, 2.75) is 103 Å². The number of carbonyl (C=O) groups excluding carboxylic acids is 2. The molecule has 0 unspecified atom stereocenters. The maximum atomic E-state index is 15.5. The summed E-state index contributed by atoms with van der Waals surface area (Å²) in [4.78, 5) is 27.6. The molecular weight excluding hydrogens is 424 g/mol. The number of benzene rings is 1. The van der Waals surface area contributed by atoms with Crippen LogP contribution in [-0.2, 0) is 25.3 Å². The molecule has 1 aromatic carbocycles. The summed E-state index contributed by atoms with van der Waals surface area (Å²) >= 11 is 0. The van der Waals surface area contributed by atoms with E-state index in [1.807, 2.05) is 27.7 Å². The first-order valence-corrected chi connectivity index (χ1v) is 11.9. The number of hydrogen-bond acceptors (Lipinski definition) is 5. The molecule has 6 nitrogen and oxygen atoms in total. The molecule has 2 saturated heterocycles. The Morgan fingerprint density at radius 2 is 1.76 bits per heavy atom. The van der Waals surface area contributed by atoms with Gasteiger partial charge in [0.05, 0.1) is 17.2 Å². The second-order valence-corrected chi connectivity index (χ2v) is 11.1. The van der Waals surface area contributed by atoms with Gasteiger partial charge in [-0.15, -0.1) is 0 Å². The molecule has 2 aliphatic heterocycles. The van der Waals surface area contributed by atoms with Crippen molar-refractivity contribution in [3.8, 4) is 0 Å². The third-order valence-electron chi connectivity index (χ3n) is 6.73. The fourth-order valence-electron chi connectivity index (χ4n) is 4.18. The van der Waals surface area contributed by atoms with Crippen LogP contribution in [0.2, 0.25) is 0 Å². The third kappa shape index (κ3) is 5.77. The molecule has 0 saturated carbocycles. The summed E-state index contributed by atoms with van der Waals surface area (Å²) < 4.78 is 33.0. The van der Waals surface area contributed by atoms with Gasteiger partial charge in [-0.3, -0.25) is 9.69 Å². The number of hydrogen-bond donors (Lipinski definition) is 0. The Morgan fingerprint density at radius 3 is 2.36 bits per heavy atom. The molecule has 0 radical (unpaired) electrons. The van der Waals surface area contributed by atoms with E-state index in [9.17, 15) is 9.59 Å². The lowest BCUT2D eigenvalue weighted by atomic mass is 9.77. The van der Waals surface area contributed by atoms with Gasteiger partial charge >= 0.3 is 13.2 Å². The largest absolute Gasteiger partial charge is 0.497 e. The van der Waals surface area contributed by atoms with Crippen LogP contribution in [0.15, 0.2) is 18.2 Å². The molecule has 0 aliphatic carbocycles. The summed E-state index contributed by atoms with van der Waals surface area (Å²) in [5.74, 6) is -0.686. The molecule has 8 heteroatoms. The molecule has 0 aromatic heterocycles. The van der Waals surface area contributed by atoms with Gasteiger partial charge < -0.3 is 14.0 Å². The quantitative estimate of drug-likeness (QED) is 0.622. The summed E-state index contributed by atoms with van der Waals surface area (Å²) in [5, 5.41) is 0. The van der Waals surface area contributed by atoms with Gasteiger partial charge in [-0.05, 0) is 66.9 Å². The highest BCUT2D eigenvalue weighted by atomic mass is 19.1. The molecule has 2 aliphatic rings.